The van der Waals surface area contributed by atoms with Crippen molar-refractivity contribution < 1.29 is 2.74 Å². The molecular weight excluding hydrogens is 79.0 g/mol. The molecule has 0 aromatic rings. The molecule has 0 saturated heterocycles. The van der Waals surface area contributed by atoms with E-state index in [1.807, 2.05) is 0 Å². The lowest BCUT2D eigenvalue weighted by Crippen LogP contribution is -1.61. The highest BCUT2D eigenvalue weighted by Gasteiger charge is 1.67. The lowest BCUT2D eigenvalue weighted by Gasteiger charge is -1.80. The Balaban J connectivity index is 2.83. The van der Waals surface area contributed by atoms with Crippen molar-refractivity contribution in [1.82, 2.24) is 0 Å². The van der Waals surface area contributed by atoms with E-state index >= 15 is 0 Å². The minimum atomic E-state index is -0.122. The molecule has 0 fully saturated rings. The van der Waals surface area contributed by atoms with Crippen molar-refractivity contribution in [2.75, 3.05) is 12.8 Å². The van der Waals surface area contributed by atoms with Gasteiger partial charge in [-0.2, -0.15) is 0 Å². The summed E-state index contributed by atoms with van der Waals surface area (Å²) in [6.07, 6.45) is 0.784. The Labute approximate surface area is 38.6 Å². The first-order chi connectivity index (χ1) is 3.31. The van der Waals surface area contributed by atoms with Gasteiger partial charge in [-0.1, -0.05) is 13.3 Å². The first-order valence-electron chi connectivity index (χ1n) is 2.95. The highest BCUT2D eigenvalue weighted by Crippen LogP contribution is 2.01. The van der Waals surface area contributed by atoms with Crippen LogP contribution in [0, 0.1) is 0 Å². The van der Waals surface area contributed by atoms with E-state index in [1.165, 1.54) is 0 Å². The Hall–Kier alpha value is 0.430. The standard InChI is InChI=1S/C4H11P/c1-3-4-5-2/h5H,3-4H2,1-2H3/i1D,3D/t3-/m1/s1. The molecule has 2 atom stereocenters. The SMILES string of the molecule is [2H]C[C@@H]([2H])CPC. The molecule has 0 heterocycles. The quantitative estimate of drug-likeness (QED) is 0.455. The summed E-state index contributed by atoms with van der Waals surface area (Å²) in [7, 11) is 0.837. The zero-order valence-electron chi connectivity index (χ0n) is 5.49. The third-order valence-corrected chi connectivity index (χ3v) is 1.05. The summed E-state index contributed by atoms with van der Waals surface area (Å²) in [5.74, 6) is 0. The fourth-order valence-corrected chi connectivity index (χ4v) is 0.433. The van der Waals surface area contributed by atoms with E-state index in [9.17, 15) is 0 Å². The van der Waals surface area contributed by atoms with Gasteiger partial charge in [0, 0.05) is 2.74 Å². The topological polar surface area (TPSA) is 0 Å². The fraction of sp³-hybridized carbons (Fsp3) is 1.00. The summed E-state index contributed by atoms with van der Waals surface area (Å²) in [4.78, 5) is 0. The fourth-order valence-electron chi connectivity index (χ4n) is 0.144. The van der Waals surface area contributed by atoms with Crippen molar-refractivity contribution in [3.8, 4) is 0 Å². The van der Waals surface area contributed by atoms with Crippen LogP contribution in [0.5, 0.6) is 0 Å². The van der Waals surface area contributed by atoms with Crippen molar-refractivity contribution in [2.24, 2.45) is 0 Å². The second kappa shape index (κ2) is 4.43. The van der Waals surface area contributed by atoms with E-state index in [4.69, 9.17) is 2.74 Å². The van der Waals surface area contributed by atoms with Crippen LogP contribution >= 0.6 is 8.58 Å². The summed E-state index contributed by atoms with van der Waals surface area (Å²) in [6.45, 7) is 2.33. The van der Waals surface area contributed by atoms with Gasteiger partial charge < -0.3 is 0 Å². The maximum Gasteiger partial charge on any atom is 0.0267 e. The molecule has 0 aliphatic rings. The van der Waals surface area contributed by atoms with Crippen molar-refractivity contribution in [1.29, 1.82) is 0 Å². The van der Waals surface area contributed by atoms with Gasteiger partial charge in [-0.15, -0.1) is 8.58 Å². The molecule has 1 unspecified atom stereocenters. The molecule has 0 rings (SSSR count). The van der Waals surface area contributed by atoms with E-state index < -0.39 is 0 Å². The summed E-state index contributed by atoms with van der Waals surface area (Å²) < 4.78 is 13.8. The summed E-state index contributed by atoms with van der Waals surface area (Å²) in [5.41, 5.74) is 0. The third kappa shape index (κ3) is 4.43. The van der Waals surface area contributed by atoms with Gasteiger partial charge in [0.05, 0.1) is 0 Å². The summed E-state index contributed by atoms with van der Waals surface area (Å²) in [5, 5.41) is 0. The van der Waals surface area contributed by atoms with Gasteiger partial charge in [0.15, 0.2) is 0 Å². The van der Waals surface area contributed by atoms with Crippen LogP contribution in [0.1, 0.15) is 16.0 Å². The van der Waals surface area contributed by atoms with Crippen molar-refractivity contribution in [2.45, 2.75) is 13.3 Å². The molecule has 1 heteroatoms. The van der Waals surface area contributed by atoms with Gasteiger partial charge in [-0.05, 0) is 12.8 Å². The Kier molecular flexibility index (Phi) is 2.28. The van der Waals surface area contributed by atoms with Crippen LogP contribution in [-0.4, -0.2) is 12.8 Å². The molecule has 0 aliphatic carbocycles. The van der Waals surface area contributed by atoms with E-state index in [1.54, 1.807) is 0 Å². The Bertz CT molecular complexity index is 40.7. The molecule has 0 spiro atoms. The molecule has 0 amide bonds. The zero-order chi connectivity index (χ0) is 5.70. The molecule has 5 heavy (non-hydrogen) atoms. The van der Waals surface area contributed by atoms with Crippen molar-refractivity contribution in [3.05, 3.63) is 0 Å². The first kappa shape index (κ1) is 2.58. The van der Waals surface area contributed by atoms with E-state index in [0.717, 1.165) is 14.7 Å². The Morgan fingerprint density at radius 3 is 3.20 bits per heavy atom. The maximum absolute atomic E-state index is 7.04. The average Bonchev–Trinajstić information content (AvgIpc) is 1.68. The lowest BCUT2D eigenvalue weighted by atomic mass is 10.6. The van der Waals surface area contributed by atoms with Crippen LogP contribution in [0.4, 0.5) is 0 Å². The van der Waals surface area contributed by atoms with Gasteiger partial charge >= 0.3 is 0 Å². The van der Waals surface area contributed by atoms with Crippen LogP contribution in [0.3, 0.4) is 0 Å². The largest absolute Gasteiger partial charge is 0.125 e. The predicted octanol–water partition coefficient (Wildman–Crippen LogP) is 1.70. The van der Waals surface area contributed by atoms with Gasteiger partial charge in [-0.25, -0.2) is 0 Å². The van der Waals surface area contributed by atoms with Crippen molar-refractivity contribution in [3.63, 3.8) is 0 Å². The monoisotopic (exact) mass is 92.1 g/mol. The molecule has 0 radical (unpaired) electrons. The molecule has 32 valence electrons. The van der Waals surface area contributed by atoms with E-state index in [0.29, 0.717) is 0 Å². The number of hydrogen-bond donors (Lipinski definition) is 0. The Morgan fingerprint density at radius 2 is 3.00 bits per heavy atom. The van der Waals surface area contributed by atoms with Gasteiger partial charge in [0.2, 0.25) is 0 Å². The molecular formula is C4H11P. The highest BCUT2D eigenvalue weighted by molar-refractivity contribution is 7.36. The molecule has 0 aromatic heterocycles. The first-order valence-corrected chi connectivity index (χ1v) is 3.38. The molecule has 0 bridgehead atoms. The second-order valence-corrected chi connectivity index (χ2v) is 1.96. The number of hydrogen-bond acceptors (Lipinski definition) is 0. The zero-order valence-corrected chi connectivity index (χ0v) is 4.49. The smallest absolute Gasteiger partial charge is 0.0267 e. The van der Waals surface area contributed by atoms with Crippen LogP contribution in [0.2, 0.25) is 0 Å². The predicted molar refractivity (Wildman–Crippen MR) is 29.4 cm³/mol. The van der Waals surface area contributed by atoms with Gasteiger partial charge in [0.25, 0.3) is 0 Å². The van der Waals surface area contributed by atoms with Crippen LogP contribution in [0.15, 0.2) is 0 Å². The molecule has 0 aromatic carbocycles. The summed E-state index contributed by atoms with van der Waals surface area (Å²) >= 11 is 0. The normalized spacial score (nSPS) is 22.6. The summed E-state index contributed by atoms with van der Waals surface area (Å²) in [6, 6.07) is 0. The molecule has 0 saturated carbocycles. The highest BCUT2D eigenvalue weighted by atomic mass is 31.1. The van der Waals surface area contributed by atoms with Gasteiger partial charge in [-0.3, -0.25) is 0 Å². The van der Waals surface area contributed by atoms with Crippen molar-refractivity contribution >= 4 is 8.58 Å². The molecule has 0 nitrogen and oxygen atoms in total. The van der Waals surface area contributed by atoms with Gasteiger partial charge in [0.1, 0.15) is 0 Å². The Morgan fingerprint density at radius 1 is 2.20 bits per heavy atom. The van der Waals surface area contributed by atoms with E-state index in [2.05, 4.69) is 6.66 Å². The van der Waals surface area contributed by atoms with Crippen LogP contribution < -0.4 is 0 Å². The maximum atomic E-state index is 7.04. The number of rotatable bonds is 2. The minimum absolute atomic E-state index is 0.122. The van der Waals surface area contributed by atoms with Crippen LogP contribution in [0.25, 0.3) is 0 Å². The molecule has 0 aliphatic heterocycles. The second-order valence-electron chi connectivity index (χ2n) is 0.846. The molecule has 0 N–H and O–H groups in total. The third-order valence-electron chi connectivity index (χ3n) is 0.348. The van der Waals surface area contributed by atoms with Crippen LogP contribution in [-0.2, 0) is 0 Å². The minimum Gasteiger partial charge on any atom is -0.125 e. The average molecular weight is 92.1 g/mol. The van der Waals surface area contributed by atoms with E-state index in [-0.39, 0.29) is 13.3 Å². The lowest BCUT2D eigenvalue weighted by molar-refractivity contribution is 1.10.